The lowest BCUT2D eigenvalue weighted by atomic mass is 10.4. The number of rotatable bonds is 7. The van der Waals surface area contributed by atoms with Gasteiger partial charge in [0.1, 0.15) is 31.0 Å². The van der Waals surface area contributed by atoms with Crippen molar-refractivity contribution in [2.24, 2.45) is 0 Å². The second-order valence-corrected chi connectivity index (χ2v) is 9.23. The third kappa shape index (κ3) is 3.85. The minimum absolute atomic E-state index is 0.338. The van der Waals surface area contributed by atoms with Crippen molar-refractivity contribution >= 4 is 28.7 Å². The number of methoxy groups -OCH3 is 1. The Kier molecular flexibility index (Phi) is 5.64. The minimum Gasteiger partial charge on any atom is -0.461 e. The maximum atomic E-state index is 6.27. The molecule has 0 aliphatic heterocycles. The number of furan rings is 1. The van der Waals surface area contributed by atoms with Gasteiger partial charge in [-0.25, -0.2) is 0 Å². The molecule has 0 atom stereocenters. The number of hydrogen-bond donors (Lipinski definition) is 0. The van der Waals surface area contributed by atoms with Gasteiger partial charge in [0.05, 0.1) is 0 Å². The molecular formula is C19H19O3PS. The van der Waals surface area contributed by atoms with Gasteiger partial charge in [-0.15, -0.1) is 0 Å². The van der Waals surface area contributed by atoms with Crippen LogP contribution in [0.5, 0.6) is 0 Å². The zero-order chi connectivity index (χ0) is 16.8. The summed E-state index contributed by atoms with van der Waals surface area (Å²) in [7, 11) is 1.64. The standard InChI is InChI=1S/C19H19O3PS/c1-20-14-16-12-13-17(22-16)15-21-23(24,18-8-4-2-5-9-18)19-10-6-3-7-11-19/h2-13H,14-15H2,1H3. The summed E-state index contributed by atoms with van der Waals surface area (Å²) >= 11 is 6.01. The van der Waals surface area contributed by atoms with Crippen molar-refractivity contribution in [3.8, 4) is 0 Å². The lowest BCUT2D eigenvalue weighted by molar-refractivity contribution is 0.160. The molecule has 3 aromatic rings. The smallest absolute Gasteiger partial charge is 0.130 e. The summed E-state index contributed by atoms with van der Waals surface area (Å²) in [4.78, 5) is 0. The molecule has 1 heterocycles. The zero-order valence-electron chi connectivity index (χ0n) is 13.4. The Bertz CT molecular complexity index is 771. The molecule has 0 unspecified atom stereocenters. The highest BCUT2D eigenvalue weighted by Crippen LogP contribution is 2.45. The van der Waals surface area contributed by atoms with Crippen LogP contribution in [-0.2, 0) is 34.3 Å². The van der Waals surface area contributed by atoms with E-state index in [0.29, 0.717) is 13.2 Å². The molecule has 0 spiro atoms. The molecule has 3 rings (SSSR count). The average Bonchev–Trinajstić information content (AvgIpc) is 3.09. The van der Waals surface area contributed by atoms with E-state index in [9.17, 15) is 0 Å². The first-order chi connectivity index (χ1) is 11.7. The Morgan fingerprint density at radius 2 is 1.29 bits per heavy atom. The van der Waals surface area contributed by atoms with Crippen LogP contribution in [0.25, 0.3) is 0 Å². The van der Waals surface area contributed by atoms with E-state index in [1.54, 1.807) is 7.11 Å². The van der Waals surface area contributed by atoms with Crippen LogP contribution in [0, 0.1) is 0 Å². The van der Waals surface area contributed by atoms with E-state index < -0.39 is 6.26 Å². The lowest BCUT2D eigenvalue weighted by Gasteiger charge is -2.23. The molecule has 0 bridgehead atoms. The molecule has 0 aliphatic carbocycles. The van der Waals surface area contributed by atoms with E-state index in [1.807, 2.05) is 72.8 Å². The van der Waals surface area contributed by atoms with Gasteiger partial charge in [0.2, 0.25) is 0 Å². The van der Waals surface area contributed by atoms with Gasteiger partial charge < -0.3 is 13.7 Å². The first-order valence-corrected chi connectivity index (χ1v) is 10.4. The molecule has 0 saturated heterocycles. The van der Waals surface area contributed by atoms with E-state index in [0.717, 1.165) is 22.1 Å². The van der Waals surface area contributed by atoms with Crippen molar-refractivity contribution in [2.75, 3.05) is 7.11 Å². The molecule has 5 heteroatoms. The third-order valence-electron chi connectivity index (χ3n) is 3.58. The molecule has 3 nitrogen and oxygen atoms in total. The normalized spacial score (nSPS) is 11.5. The largest absolute Gasteiger partial charge is 0.461 e. The van der Waals surface area contributed by atoms with E-state index in [4.69, 9.17) is 25.5 Å². The zero-order valence-corrected chi connectivity index (χ0v) is 15.1. The predicted octanol–water partition coefficient (Wildman–Crippen LogP) is 3.99. The van der Waals surface area contributed by atoms with E-state index >= 15 is 0 Å². The van der Waals surface area contributed by atoms with Crippen molar-refractivity contribution < 1.29 is 13.7 Å². The summed E-state index contributed by atoms with van der Waals surface area (Å²) in [5.74, 6) is 1.53. The summed E-state index contributed by atoms with van der Waals surface area (Å²) in [5.41, 5.74) is 0. The second kappa shape index (κ2) is 7.91. The first kappa shape index (κ1) is 17.1. The first-order valence-electron chi connectivity index (χ1n) is 7.65. The Balaban J connectivity index is 1.87. The van der Waals surface area contributed by atoms with Crippen LogP contribution in [0.1, 0.15) is 11.5 Å². The van der Waals surface area contributed by atoms with E-state index in [1.165, 1.54) is 0 Å². The van der Waals surface area contributed by atoms with Gasteiger partial charge in [-0.3, -0.25) is 0 Å². The van der Waals surface area contributed by atoms with Crippen LogP contribution in [0.3, 0.4) is 0 Å². The molecule has 0 aliphatic rings. The van der Waals surface area contributed by atoms with Crippen LogP contribution in [0.4, 0.5) is 0 Å². The monoisotopic (exact) mass is 358 g/mol. The fourth-order valence-electron chi connectivity index (χ4n) is 2.42. The number of ether oxygens (including phenoxy) is 1. The molecule has 1 aromatic heterocycles. The van der Waals surface area contributed by atoms with Crippen molar-refractivity contribution in [2.45, 2.75) is 13.2 Å². The molecule has 124 valence electrons. The van der Waals surface area contributed by atoms with Crippen molar-refractivity contribution in [1.82, 2.24) is 0 Å². The summed E-state index contributed by atoms with van der Waals surface area (Å²) in [5, 5.41) is 2.07. The molecule has 0 N–H and O–H groups in total. The van der Waals surface area contributed by atoms with Crippen LogP contribution in [0.15, 0.2) is 77.2 Å². The Hall–Kier alpha value is -1.71. The van der Waals surface area contributed by atoms with Gasteiger partial charge in [-0.1, -0.05) is 72.5 Å². The molecule has 0 amide bonds. The average molecular weight is 358 g/mol. The highest BCUT2D eigenvalue weighted by molar-refractivity contribution is 8.19. The topological polar surface area (TPSA) is 31.6 Å². The maximum Gasteiger partial charge on any atom is 0.130 e. The van der Waals surface area contributed by atoms with Crippen molar-refractivity contribution in [3.63, 3.8) is 0 Å². The van der Waals surface area contributed by atoms with Crippen molar-refractivity contribution in [3.05, 3.63) is 84.3 Å². The number of hydrogen-bond acceptors (Lipinski definition) is 4. The summed E-state index contributed by atoms with van der Waals surface area (Å²) in [6, 6.07) is 23.9. The van der Waals surface area contributed by atoms with Gasteiger partial charge in [0.25, 0.3) is 0 Å². The third-order valence-corrected chi connectivity index (χ3v) is 7.61. The predicted molar refractivity (Wildman–Crippen MR) is 101 cm³/mol. The summed E-state index contributed by atoms with van der Waals surface area (Å²) in [6.45, 7) is 0.788. The second-order valence-electron chi connectivity index (χ2n) is 5.30. The summed E-state index contributed by atoms with van der Waals surface area (Å²) < 4.78 is 17.1. The minimum atomic E-state index is -2.35. The molecule has 0 saturated carbocycles. The van der Waals surface area contributed by atoms with E-state index in [2.05, 4.69) is 0 Å². The molecule has 2 aromatic carbocycles. The fraction of sp³-hybridized carbons (Fsp3) is 0.158. The fourth-order valence-corrected chi connectivity index (χ4v) is 5.34. The van der Waals surface area contributed by atoms with Gasteiger partial charge >= 0.3 is 0 Å². The molecule has 0 fully saturated rings. The van der Waals surface area contributed by atoms with E-state index in [-0.39, 0.29) is 0 Å². The van der Waals surface area contributed by atoms with Crippen molar-refractivity contribution in [1.29, 1.82) is 0 Å². The summed E-state index contributed by atoms with van der Waals surface area (Å²) in [6.07, 6.45) is -2.35. The van der Waals surface area contributed by atoms with Crippen LogP contribution in [-0.4, -0.2) is 7.11 Å². The Morgan fingerprint density at radius 1 is 0.792 bits per heavy atom. The molecule has 24 heavy (non-hydrogen) atoms. The SMILES string of the molecule is COCc1ccc(COP(=S)(c2ccccc2)c2ccccc2)o1. The Morgan fingerprint density at radius 3 is 1.79 bits per heavy atom. The maximum absolute atomic E-state index is 6.27. The molecule has 0 radical (unpaired) electrons. The highest BCUT2D eigenvalue weighted by Gasteiger charge is 2.23. The van der Waals surface area contributed by atoms with Crippen LogP contribution in [0.2, 0.25) is 0 Å². The quantitative estimate of drug-likeness (QED) is 0.598. The lowest BCUT2D eigenvalue weighted by Crippen LogP contribution is -2.17. The molecular weight excluding hydrogens is 339 g/mol. The van der Waals surface area contributed by atoms with Gasteiger partial charge in [0, 0.05) is 17.7 Å². The van der Waals surface area contributed by atoms with Crippen LogP contribution < -0.4 is 10.6 Å². The highest BCUT2D eigenvalue weighted by atomic mass is 32.4. The van der Waals surface area contributed by atoms with Gasteiger partial charge in [0.15, 0.2) is 0 Å². The van der Waals surface area contributed by atoms with Gasteiger partial charge in [-0.05, 0) is 12.1 Å². The Labute approximate surface area is 147 Å². The number of benzene rings is 2. The van der Waals surface area contributed by atoms with Gasteiger partial charge in [-0.2, -0.15) is 0 Å². The van der Waals surface area contributed by atoms with Crippen LogP contribution >= 0.6 is 6.26 Å².